The minimum Gasteiger partial charge on any atom is -0.497 e. The van der Waals surface area contributed by atoms with E-state index in [1.807, 2.05) is 4.90 Å². The topological polar surface area (TPSA) is 79.8 Å². The molecule has 25 heavy (non-hydrogen) atoms. The molecule has 2 aromatic rings. The number of aromatic nitrogens is 1. The van der Waals surface area contributed by atoms with Gasteiger partial charge in [0.25, 0.3) is 0 Å². The molecule has 0 saturated carbocycles. The van der Waals surface area contributed by atoms with Crippen LogP contribution < -0.4 is 9.64 Å². The maximum Gasteiger partial charge on any atom is 0.244 e. The first kappa shape index (κ1) is 18.1. The van der Waals surface area contributed by atoms with Crippen LogP contribution in [0.25, 0.3) is 0 Å². The molecule has 0 spiro atoms. The van der Waals surface area contributed by atoms with Crippen LogP contribution in [0.4, 0.5) is 5.13 Å². The molecule has 0 atom stereocenters. The van der Waals surface area contributed by atoms with E-state index in [1.165, 1.54) is 41.1 Å². The summed E-state index contributed by atoms with van der Waals surface area (Å²) in [7, 11) is -2.24. The van der Waals surface area contributed by atoms with Gasteiger partial charge in [-0.3, -0.25) is 4.79 Å². The van der Waals surface area contributed by atoms with E-state index in [-0.39, 0.29) is 9.92 Å². The van der Waals surface area contributed by atoms with Crippen molar-refractivity contribution in [2.75, 3.05) is 38.2 Å². The van der Waals surface area contributed by atoms with Crippen molar-refractivity contribution in [3.63, 3.8) is 0 Å². The first-order chi connectivity index (χ1) is 12.0. The Balaban J connectivity index is 1.76. The molecule has 0 radical (unpaired) electrons. The molecule has 1 fully saturated rings. The average Bonchev–Trinajstić information content (AvgIpc) is 3.11. The number of rotatable bonds is 5. The van der Waals surface area contributed by atoms with Crippen molar-refractivity contribution in [2.45, 2.75) is 4.90 Å². The third kappa shape index (κ3) is 3.64. The number of ether oxygens (including phenoxy) is 1. The fraction of sp³-hybridized carbons (Fsp3) is 0.333. The molecule has 1 saturated heterocycles. The molecule has 1 aliphatic heterocycles. The summed E-state index contributed by atoms with van der Waals surface area (Å²) >= 11 is 7.38. The van der Waals surface area contributed by atoms with Crippen LogP contribution >= 0.6 is 22.9 Å². The Hall–Kier alpha value is -1.68. The van der Waals surface area contributed by atoms with E-state index in [9.17, 15) is 13.2 Å². The van der Waals surface area contributed by atoms with Crippen molar-refractivity contribution >= 4 is 44.4 Å². The van der Waals surface area contributed by atoms with Crippen molar-refractivity contribution in [1.82, 2.24) is 9.29 Å². The summed E-state index contributed by atoms with van der Waals surface area (Å²) in [6, 6.07) is 4.56. The standard InChI is InChI=1S/C15H16ClN3O4S2/c1-23-11-2-3-13(16)14(8-11)25(21,22)19-6-4-18(5-7-19)15-17-9-12(10-20)24-15/h2-3,8-10H,4-7H2,1H3. The van der Waals surface area contributed by atoms with Crippen LogP contribution in [0.15, 0.2) is 29.3 Å². The number of sulfonamides is 1. The second kappa shape index (κ2) is 7.28. The van der Waals surface area contributed by atoms with E-state index >= 15 is 0 Å². The number of anilines is 1. The van der Waals surface area contributed by atoms with E-state index in [0.29, 0.717) is 36.8 Å². The largest absolute Gasteiger partial charge is 0.497 e. The molecule has 0 N–H and O–H groups in total. The van der Waals surface area contributed by atoms with Crippen LogP contribution in [0.1, 0.15) is 9.67 Å². The third-order valence-corrected chi connectivity index (χ3v) is 7.26. The van der Waals surface area contributed by atoms with Crippen LogP contribution in [-0.2, 0) is 10.0 Å². The van der Waals surface area contributed by atoms with Crippen LogP contribution in [-0.4, -0.2) is 57.3 Å². The second-order valence-corrected chi connectivity index (χ2v) is 8.70. The summed E-state index contributed by atoms with van der Waals surface area (Å²) < 4.78 is 32.3. The van der Waals surface area contributed by atoms with Gasteiger partial charge < -0.3 is 9.64 Å². The number of carbonyl (C=O) groups excluding carboxylic acids is 1. The van der Waals surface area contributed by atoms with Gasteiger partial charge >= 0.3 is 0 Å². The van der Waals surface area contributed by atoms with E-state index < -0.39 is 10.0 Å². The highest BCUT2D eigenvalue weighted by Crippen LogP contribution is 2.30. The van der Waals surface area contributed by atoms with E-state index in [0.717, 1.165) is 11.4 Å². The van der Waals surface area contributed by atoms with E-state index in [2.05, 4.69) is 4.98 Å². The van der Waals surface area contributed by atoms with Gasteiger partial charge in [-0.05, 0) is 12.1 Å². The van der Waals surface area contributed by atoms with Gasteiger partial charge in [-0.25, -0.2) is 13.4 Å². The summed E-state index contributed by atoms with van der Waals surface area (Å²) in [4.78, 5) is 17.5. The van der Waals surface area contributed by atoms with Crippen LogP contribution in [0.3, 0.4) is 0 Å². The van der Waals surface area contributed by atoms with E-state index in [1.54, 1.807) is 6.07 Å². The molecule has 10 heteroatoms. The van der Waals surface area contributed by atoms with Crippen molar-refractivity contribution in [3.05, 3.63) is 34.3 Å². The fourth-order valence-corrected chi connectivity index (χ4v) is 5.24. The predicted octanol–water partition coefficient (Wildman–Crippen LogP) is 2.13. The summed E-state index contributed by atoms with van der Waals surface area (Å²) in [5.74, 6) is 0.436. The van der Waals surface area contributed by atoms with Crippen LogP contribution in [0, 0.1) is 0 Å². The molecule has 2 heterocycles. The zero-order valence-corrected chi connectivity index (χ0v) is 15.8. The molecule has 1 aromatic carbocycles. The Morgan fingerprint density at radius 1 is 1.28 bits per heavy atom. The molecule has 0 bridgehead atoms. The van der Waals surface area contributed by atoms with Crippen LogP contribution in [0.5, 0.6) is 5.75 Å². The molecule has 0 aliphatic carbocycles. The van der Waals surface area contributed by atoms with Crippen LogP contribution in [0.2, 0.25) is 5.02 Å². The van der Waals surface area contributed by atoms with Gasteiger partial charge in [-0.1, -0.05) is 22.9 Å². The molecule has 1 aliphatic rings. The second-order valence-electron chi connectivity index (χ2n) is 5.35. The normalized spacial score (nSPS) is 16.0. The Morgan fingerprint density at radius 3 is 2.60 bits per heavy atom. The quantitative estimate of drug-likeness (QED) is 0.714. The number of thiazole rings is 1. The first-order valence-electron chi connectivity index (χ1n) is 7.45. The lowest BCUT2D eigenvalue weighted by Crippen LogP contribution is -2.48. The summed E-state index contributed by atoms with van der Waals surface area (Å²) in [5.41, 5.74) is 0. The highest BCUT2D eigenvalue weighted by Gasteiger charge is 2.31. The smallest absolute Gasteiger partial charge is 0.244 e. The predicted molar refractivity (Wildman–Crippen MR) is 96.5 cm³/mol. The zero-order valence-electron chi connectivity index (χ0n) is 13.4. The number of halogens is 1. The molecule has 0 unspecified atom stereocenters. The summed E-state index contributed by atoms with van der Waals surface area (Å²) in [5, 5.41) is 0.886. The van der Waals surface area contributed by atoms with Crippen molar-refractivity contribution in [1.29, 1.82) is 0 Å². The Kier molecular flexibility index (Phi) is 5.28. The van der Waals surface area contributed by atoms with Gasteiger partial charge in [0.2, 0.25) is 10.0 Å². The lowest BCUT2D eigenvalue weighted by molar-refractivity contribution is 0.112. The van der Waals surface area contributed by atoms with Gasteiger partial charge in [0.15, 0.2) is 11.4 Å². The number of hydrogen-bond acceptors (Lipinski definition) is 7. The maximum absolute atomic E-state index is 12.9. The number of benzene rings is 1. The monoisotopic (exact) mass is 401 g/mol. The Morgan fingerprint density at radius 2 is 2.00 bits per heavy atom. The fourth-order valence-electron chi connectivity index (χ4n) is 2.54. The minimum absolute atomic E-state index is 0.0412. The third-order valence-electron chi connectivity index (χ3n) is 3.89. The number of hydrogen-bond donors (Lipinski definition) is 0. The van der Waals surface area contributed by atoms with Crippen molar-refractivity contribution < 1.29 is 17.9 Å². The van der Waals surface area contributed by atoms with Gasteiger partial charge in [0.05, 0.1) is 23.2 Å². The van der Waals surface area contributed by atoms with Crippen molar-refractivity contribution in [2.24, 2.45) is 0 Å². The molecule has 134 valence electrons. The maximum atomic E-state index is 12.9. The highest BCUT2D eigenvalue weighted by atomic mass is 35.5. The van der Waals surface area contributed by atoms with Gasteiger partial charge in [-0.15, -0.1) is 0 Å². The minimum atomic E-state index is -3.71. The first-order valence-corrected chi connectivity index (χ1v) is 10.1. The SMILES string of the molecule is COc1ccc(Cl)c(S(=O)(=O)N2CCN(c3ncc(C=O)s3)CC2)c1. The average molecular weight is 402 g/mol. The summed E-state index contributed by atoms with van der Waals surface area (Å²) in [6.45, 7) is 1.61. The zero-order chi connectivity index (χ0) is 18.0. The Labute approximate surface area is 154 Å². The van der Waals surface area contributed by atoms with Crippen molar-refractivity contribution in [3.8, 4) is 5.75 Å². The molecular formula is C15H16ClN3O4S2. The number of methoxy groups -OCH3 is 1. The highest BCUT2D eigenvalue weighted by molar-refractivity contribution is 7.89. The number of piperazine rings is 1. The number of nitrogens with zero attached hydrogens (tertiary/aromatic N) is 3. The van der Waals surface area contributed by atoms with E-state index in [4.69, 9.17) is 16.3 Å². The van der Waals surface area contributed by atoms with Gasteiger partial charge in [0.1, 0.15) is 10.6 Å². The lowest BCUT2D eigenvalue weighted by atomic mass is 10.3. The molecule has 7 nitrogen and oxygen atoms in total. The number of carbonyl (C=O) groups is 1. The molecular weight excluding hydrogens is 386 g/mol. The number of aldehydes is 1. The molecule has 1 aromatic heterocycles. The summed E-state index contributed by atoms with van der Waals surface area (Å²) in [6.07, 6.45) is 2.28. The molecule has 3 rings (SSSR count). The van der Waals surface area contributed by atoms with Gasteiger partial charge in [-0.2, -0.15) is 4.31 Å². The van der Waals surface area contributed by atoms with Gasteiger partial charge in [0, 0.05) is 32.2 Å². The Bertz CT molecular complexity index is 877. The molecule has 0 amide bonds. The lowest BCUT2D eigenvalue weighted by Gasteiger charge is -2.33.